The summed E-state index contributed by atoms with van der Waals surface area (Å²) in [7, 11) is 0. The van der Waals surface area contributed by atoms with Crippen LogP contribution in [0.4, 0.5) is 4.39 Å². The SMILES string of the molecule is CC(C)(C)OC(=O)c1cc(C(=O)NC2c3ccccc3C[C@H]2O)nc2c(F)cnn12. The first-order chi connectivity index (χ1) is 14.1. The van der Waals surface area contributed by atoms with Gasteiger partial charge in [-0.3, -0.25) is 4.79 Å². The molecule has 156 valence electrons. The van der Waals surface area contributed by atoms with Crippen molar-refractivity contribution in [3.63, 3.8) is 0 Å². The lowest BCUT2D eigenvalue weighted by Gasteiger charge is -2.20. The molecule has 2 atom stereocenters. The highest BCUT2D eigenvalue weighted by molar-refractivity contribution is 5.96. The third-order valence-electron chi connectivity index (χ3n) is 4.76. The van der Waals surface area contributed by atoms with Crippen LogP contribution in [0.15, 0.2) is 36.5 Å². The summed E-state index contributed by atoms with van der Waals surface area (Å²) in [5, 5.41) is 16.9. The molecule has 30 heavy (non-hydrogen) atoms. The maximum absolute atomic E-state index is 14.2. The Morgan fingerprint density at radius 2 is 2.03 bits per heavy atom. The molecule has 1 aliphatic rings. The van der Waals surface area contributed by atoms with E-state index >= 15 is 0 Å². The second-order valence-electron chi connectivity index (χ2n) is 8.18. The molecule has 0 bridgehead atoms. The zero-order valence-corrected chi connectivity index (χ0v) is 16.7. The molecule has 0 saturated heterocycles. The molecule has 4 rings (SSSR count). The molecular weight excluding hydrogens is 391 g/mol. The van der Waals surface area contributed by atoms with Gasteiger partial charge < -0.3 is 15.2 Å². The highest BCUT2D eigenvalue weighted by Crippen LogP contribution is 2.31. The predicted molar refractivity (Wildman–Crippen MR) is 104 cm³/mol. The molecule has 2 N–H and O–H groups in total. The van der Waals surface area contributed by atoms with E-state index in [4.69, 9.17) is 4.74 Å². The Labute approximate surface area is 171 Å². The lowest BCUT2D eigenvalue weighted by molar-refractivity contribution is 0.00595. The molecule has 0 spiro atoms. The normalized spacial score (nSPS) is 18.3. The number of nitrogens with zero attached hydrogens (tertiary/aromatic N) is 3. The van der Waals surface area contributed by atoms with Crippen molar-refractivity contribution in [1.29, 1.82) is 0 Å². The van der Waals surface area contributed by atoms with Crippen molar-refractivity contribution in [1.82, 2.24) is 19.9 Å². The molecule has 2 aromatic heterocycles. The van der Waals surface area contributed by atoms with E-state index < -0.39 is 35.4 Å². The Morgan fingerprint density at radius 1 is 1.30 bits per heavy atom. The third-order valence-corrected chi connectivity index (χ3v) is 4.76. The minimum Gasteiger partial charge on any atom is -0.455 e. The van der Waals surface area contributed by atoms with Crippen molar-refractivity contribution in [2.24, 2.45) is 0 Å². The number of carbonyl (C=O) groups is 2. The van der Waals surface area contributed by atoms with E-state index in [0.29, 0.717) is 6.42 Å². The number of benzene rings is 1. The minimum absolute atomic E-state index is 0.128. The molecule has 0 saturated carbocycles. The molecular formula is C21H21FN4O4. The number of hydrogen-bond acceptors (Lipinski definition) is 6. The van der Waals surface area contributed by atoms with Gasteiger partial charge in [0, 0.05) is 12.5 Å². The van der Waals surface area contributed by atoms with E-state index in [9.17, 15) is 19.1 Å². The Morgan fingerprint density at radius 3 is 2.77 bits per heavy atom. The lowest BCUT2D eigenvalue weighted by atomic mass is 10.1. The average molecular weight is 412 g/mol. The zero-order chi connectivity index (χ0) is 21.6. The van der Waals surface area contributed by atoms with Gasteiger partial charge in [0.05, 0.1) is 18.3 Å². The summed E-state index contributed by atoms with van der Waals surface area (Å²) in [6, 6.07) is 7.97. The molecule has 2 heterocycles. The number of aliphatic hydroxyl groups is 1. The summed E-state index contributed by atoms with van der Waals surface area (Å²) >= 11 is 0. The van der Waals surface area contributed by atoms with Crippen LogP contribution >= 0.6 is 0 Å². The van der Waals surface area contributed by atoms with Crippen LogP contribution in [0, 0.1) is 5.82 Å². The van der Waals surface area contributed by atoms with Gasteiger partial charge >= 0.3 is 5.97 Å². The van der Waals surface area contributed by atoms with Gasteiger partial charge in [0.1, 0.15) is 11.3 Å². The maximum Gasteiger partial charge on any atom is 0.357 e. The molecule has 0 aliphatic heterocycles. The van der Waals surface area contributed by atoms with E-state index in [0.717, 1.165) is 21.8 Å². The van der Waals surface area contributed by atoms with Gasteiger partial charge in [-0.1, -0.05) is 24.3 Å². The molecule has 0 fully saturated rings. The number of esters is 1. The topological polar surface area (TPSA) is 106 Å². The van der Waals surface area contributed by atoms with Crippen LogP contribution in [-0.2, 0) is 11.2 Å². The van der Waals surface area contributed by atoms with E-state index in [2.05, 4.69) is 15.4 Å². The first kappa shape index (κ1) is 20.0. The Kier molecular flexibility index (Phi) is 4.77. The van der Waals surface area contributed by atoms with Crippen molar-refractivity contribution in [3.05, 3.63) is 64.9 Å². The van der Waals surface area contributed by atoms with Crippen LogP contribution in [0.3, 0.4) is 0 Å². The second kappa shape index (κ2) is 7.17. The number of rotatable bonds is 3. The van der Waals surface area contributed by atoms with Gasteiger partial charge in [0.15, 0.2) is 17.2 Å². The average Bonchev–Trinajstić information content (AvgIpc) is 3.20. The number of amides is 1. The fourth-order valence-electron chi connectivity index (χ4n) is 3.49. The fraction of sp³-hybridized carbons (Fsp3) is 0.333. The molecule has 8 nitrogen and oxygen atoms in total. The van der Waals surface area contributed by atoms with Crippen molar-refractivity contribution < 1.29 is 23.8 Å². The molecule has 0 radical (unpaired) electrons. The molecule has 3 aromatic rings. The van der Waals surface area contributed by atoms with Gasteiger partial charge in [0.2, 0.25) is 0 Å². The van der Waals surface area contributed by atoms with Crippen molar-refractivity contribution in [3.8, 4) is 0 Å². The first-order valence-corrected chi connectivity index (χ1v) is 9.48. The second-order valence-corrected chi connectivity index (χ2v) is 8.18. The maximum atomic E-state index is 14.2. The molecule has 1 amide bonds. The zero-order valence-electron chi connectivity index (χ0n) is 16.7. The lowest BCUT2D eigenvalue weighted by Crippen LogP contribution is -2.34. The van der Waals surface area contributed by atoms with Crippen molar-refractivity contribution in [2.45, 2.75) is 44.9 Å². The van der Waals surface area contributed by atoms with Crippen LogP contribution in [0.5, 0.6) is 0 Å². The Hall–Kier alpha value is -3.33. The monoisotopic (exact) mass is 412 g/mol. The third kappa shape index (κ3) is 3.63. The fourth-order valence-corrected chi connectivity index (χ4v) is 3.49. The van der Waals surface area contributed by atoms with E-state index in [1.807, 2.05) is 24.3 Å². The van der Waals surface area contributed by atoms with Gasteiger partial charge in [-0.05, 0) is 31.9 Å². The van der Waals surface area contributed by atoms with E-state index in [1.54, 1.807) is 20.8 Å². The summed E-state index contributed by atoms with van der Waals surface area (Å²) in [4.78, 5) is 29.5. The highest BCUT2D eigenvalue weighted by Gasteiger charge is 2.33. The number of aromatic nitrogens is 3. The van der Waals surface area contributed by atoms with Crippen LogP contribution in [0.1, 0.15) is 58.9 Å². The summed E-state index contributed by atoms with van der Waals surface area (Å²) < 4.78 is 20.5. The number of hydrogen-bond donors (Lipinski definition) is 2. The smallest absolute Gasteiger partial charge is 0.357 e. The Bertz CT molecular complexity index is 1150. The number of halogens is 1. The number of aliphatic hydroxyl groups excluding tert-OH is 1. The van der Waals surface area contributed by atoms with Crippen molar-refractivity contribution >= 4 is 17.5 Å². The number of nitrogens with one attached hydrogen (secondary N) is 1. The largest absolute Gasteiger partial charge is 0.455 e. The Balaban J connectivity index is 1.70. The number of ether oxygens (including phenoxy) is 1. The van der Waals surface area contributed by atoms with Gasteiger partial charge in [0.25, 0.3) is 5.91 Å². The van der Waals surface area contributed by atoms with Crippen LogP contribution in [0.25, 0.3) is 5.65 Å². The van der Waals surface area contributed by atoms with E-state index in [1.165, 1.54) is 6.07 Å². The van der Waals surface area contributed by atoms with Gasteiger partial charge in [-0.15, -0.1) is 0 Å². The van der Waals surface area contributed by atoms with Crippen LogP contribution in [-0.4, -0.2) is 43.3 Å². The molecule has 1 aliphatic carbocycles. The summed E-state index contributed by atoms with van der Waals surface area (Å²) in [5.41, 5.74) is 0.377. The highest BCUT2D eigenvalue weighted by atomic mass is 19.1. The van der Waals surface area contributed by atoms with Crippen LogP contribution in [0.2, 0.25) is 0 Å². The van der Waals surface area contributed by atoms with Gasteiger partial charge in [-0.2, -0.15) is 5.10 Å². The van der Waals surface area contributed by atoms with Crippen molar-refractivity contribution in [2.75, 3.05) is 0 Å². The molecule has 1 aromatic carbocycles. The molecule has 1 unspecified atom stereocenters. The first-order valence-electron chi connectivity index (χ1n) is 9.48. The molecule has 9 heteroatoms. The number of carbonyl (C=O) groups excluding carboxylic acids is 2. The summed E-state index contributed by atoms with van der Waals surface area (Å²) in [6.07, 6.45) is 0.523. The standard InChI is InChI=1S/C21H21FN4O4/c1-21(2,3)30-20(29)15-9-14(24-18-13(22)10-23-26(15)18)19(28)25-17-12-7-5-4-6-11(12)8-16(17)27/h4-7,9-10,16-17,27H,8H2,1-3H3,(H,25,28)/t16-,17?/m1/s1. The van der Waals surface area contributed by atoms with Crippen LogP contribution < -0.4 is 5.32 Å². The van der Waals surface area contributed by atoms with E-state index in [-0.39, 0.29) is 17.0 Å². The minimum atomic E-state index is -0.799. The quantitative estimate of drug-likeness (QED) is 0.639. The summed E-state index contributed by atoms with van der Waals surface area (Å²) in [5.74, 6) is -2.19. The predicted octanol–water partition coefficient (Wildman–Crippen LogP) is 2.21. The van der Waals surface area contributed by atoms with Gasteiger partial charge in [-0.25, -0.2) is 18.7 Å². The number of fused-ring (bicyclic) bond motifs is 2. The summed E-state index contributed by atoms with van der Waals surface area (Å²) in [6.45, 7) is 5.08.